The van der Waals surface area contributed by atoms with Crippen LogP contribution in [-0.4, -0.2) is 32.4 Å². The van der Waals surface area contributed by atoms with Gasteiger partial charge in [-0.2, -0.15) is 4.31 Å². The van der Waals surface area contributed by atoms with E-state index in [1.165, 1.54) is 22.5 Å². The summed E-state index contributed by atoms with van der Waals surface area (Å²) in [6.45, 7) is 2.96. The van der Waals surface area contributed by atoms with Gasteiger partial charge in [0.15, 0.2) is 0 Å². The van der Waals surface area contributed by atoms with E-state index in [9.17, 15) is 12.8 Å². The summed E-state index contributed by atoms with van der Waals surface area (Å²) in [7, 11) is -1.92. The molecule has 6 heteroatoms. The van der Waals surface area contributed by atoms with Gasteiger partial charge in [-0.3, -0.25) is 0 Å². The van der Waals surface area contributed by atoms with Gasteiger partial charge in [0.05, 0.1) is 4.90 Å². The van der Waals surface area contributed by atoms with Gasteiger partial charge < -0.3 is 5.32 Å². The molecule has 0 radical (unpaired) electrons. The van der Waals surface area contributed by atoms with Crippen LogP contribution in [0.4, 0.5) is 4.39 Å². The summed E-state index contributed by atoms with van der Waals surface area (Å²) in [5.74, 6) is -0.376. The van der Waals surface area contributed by atoms with Crippen molar-refractivity contribution in [1.82, 2.24) is 9.62 Å². The Hall–Kier alpha value is -0.980. The summed E-state index contributed by atoms with van der Waals surface area (Å²) in [6, 6.07) is 4.10. The predicted octanol–water partition coefficient (Wildman–Crippen LogP) is 2.50. The van der Waals surface area contributed by atoms with Gasteiger partial charge in [0.2, 0.25) is 10.0 Å². The van der Waals surface area contributed by atoms with Gasteiger partial charge in [-0.1, -0.05) is 19.8 Å². The molecular formula is C15H23FN2O2S. The summed E-state index contributed by atoms with van der Waals surface area (Å²) >= 11 is 0. The van der Waals surface area contributed by atoms with Crippen molar-refractivity contribution in [1.29, 1.82) is 0 Å². The number of nitrogens with one attached hydrogen (secondary N) is 1. The largest absolute Gasteiger partial charge is 0.313 e. The van der Waals surface area contributed by atoms with Crippen LogP contribution in [0, 0.1) is 5.82 Å². The van der Waals surface area contributed by atoms with Gasteiger partial charge in [-0.15, -0.1) is 0 Å². The average molecular weight is 314 g/mol. The second-order valence-corrected chi connectivity index (χ2v) is 7.49. The number of hydrogen-bond donors (Lipinski definition) is 1. The van der Waals surface area contributed by atoms with Crippen molar-refractivity contribution in [2.24, 2.45) is 0 Å². The standard InChI is InChI=1S/C15H23FN2O2S/c1-3-17-11-12-10-14(8-9-15(12)16)21(19,20)18(2)13-6-4-5-7-13/h8-10,13,17H,3-7,11H2,1-2H3. The number of sulfonamides is 1. The molecule has 1 fully saturated rings. The van der Waals surface area contributed by atoms with E-state index in [1.54, 1.807) is 7.05 Å². The van der Waals surface area contributed by atoms with Gasteiger partial charge in [-0.25, -0.2) is 12.8 Å². The van der Waals surface area contributed by atoms with Crippen molar-refractivity contribution >= 4 is 10.0 Å². The van der Waals surface area contributed by atoms with Gasteiger partial charge >= 0.3 is 0 Å². The molecule has 2 rings (SSSR count). The summed E-state index contributed by atoms with van der Waals surface area (Å²) in [4.78, 5) is 0.172. The molecule has 0 atom stereocenters. The molecular weight excluding hydrogens is 291 g/mol. The first kappa shape index (κ1) is 16.4. The molecule has 0 unspecified atom stereocenters. The van der Waals surface area contributed by atoms with Gasteiger partial charge in [0, 0.05) is 25.2 Å². The zero-order valence-electron chi connectivity index (χ0n) is 12.6. The van der Waals surface area contributed by atoms with Crippen molar-refractivity contribution in [3.63, 3.8) is 0 Å². The molecule has 0 aliphatic heterocycles. The van der Waals surface area contributed by atoms with Crippen molar-refractivity contribution in [2.45, 2.75) is 50.1 Å². The quantitative estimate of drug-likeness (QED) is 0.877. The van der Waals surface area contributed by atoms with E-state index < -0.39 is 10.0 Å². The Morgan fingerprint density at radius 3 is 2.62 bits per heavy atom. The van der Waals surface area contributed by atoms with Crippen LogP contribution in [0.25, 0.3) is 0 Å². The molecule has 1 aliphatic rings. The third-order valence-electron chi connectivity index (χ3n) is 4.10. The lowest BCUT2D eigenvalue weighted by Gasteiger charge is -2.24. The zero-order valence-corrected chi connectivity index (χ0v) is 13.4. The van der Waals surface area contributed by atoms with Crippen molar-refractivity contribution in [3.8, 4) is 0 Å². The van der Waals surface area contributed by atoms with Crippen LogP contribution < -0.4 is 5.32 Å². The van der Waals surface area contributed by atoms with Crippen molar-refractivity contribution < 1.29 is 12.8 Å². The number of rotatable bonds is 6. The van der Waals surface area contributed by atoms with Gasteiger partial charge in [0.1, 0.15) is 5.82 Å². The van der Waals surface area contributed by atoms with Crippen LogP contribution in [0.15, 0.2) is 23.1 Å². The maximum atomic E-state index is 13.7. The molecule has 1 aliphatic carbocycles. The summed E-state index contributed by atoms with van der Waals surface area (Å²) in [5.41, 5.74) is 0.387. The third-order valence-corrected chi connectivity index (χ3v) is 6.00. The molecule has 21 heavy (non-hydrogen) atoms. The molecule has 0 spiro atoms. The van der Waals surface area contributed by atoms with Crippen LogP contribution in [-0.2, 0) is 16.6 Å². The van der Waals surface area contributed by atoms with Gasteiger partial charge in [0.25, 0.3) is 0 Å². The van der Waals surface area contributed by atoms with Crippen LogP contribution in [0.2, 0.25) is 0 Å². The minimum atomic E-state index is -3.55. The highest BCUT2D eigenvalue weighted by atomic mass is 32.2. The molecule has 0 saturated heterocycles. The monoisotopic (exact) mass is 314 g/mol. The average Bonchev–Trinajstić information content (AvgIpc) is 2.99. The fourth-order valence-electron chi connectivity index (χ4n) is 2.74. The Balaban J connectivity index is 2.26. The highest BCUT2D eigenvalue weighted by molar-refractivity contribution is 7.89. The van der Waals surface area contributed by atoms with Crippen LogP contribution >= 0.6 is 0 Å². The fourth-order valence-corrected chi connectivity index (χ4v) is 4.20. The molecule has 118 valence electrons. The number of benzene rings is 1. The molecule has 1 N–H and O–H groups in total. The highest BCUT2D eigenvalue weighted by Crippen LogP contribution is 2.27. The zero-order chi connectivity index (χ0) is 15.5. The maximum Gasteiger partial charge on any atom is 0.243 e. The second-order valence-electron chi connectivity index (χ2n) is 5.49. The first-order chi connectivity index (χ1) is 9.96. The summed E-state index contributed by atoms with van der Waals surface area (Å²) in [6.07, 6.45) is 3.95. The molecule has 0 bridgehead atoms. The van der Waals surface area contributed by atoms with E-state index in [1.807, 2.05) is 6.92 Å². The Morgan fingerprint density at radius 1 is 1.33 bits per heavy atom. The molecule has 1 aromatic carbocycles. The lowest BCUT2D eigenvalue weighted by molar-refractivity contribution is 0.373. The molecule has 0 aromatic heterocycles. The predicted molar refractivity (Wildman–Crippen MR) is 81.0 cm³/mol. The maximum absolute atomic E-state index is 13.7. The van der Waals surface area contributed by atoms with E-state index in [-0.39, 0.29) is 16.8 Å². The third kappa shape index (κ3) is 3.62. The van der Waals surface area contributed by atoms with Crippen LogP contribution in [0.1, 0.15) is 38.2 Å². The fraction of sp³-hybridized carbons (Fsp3) is 0.600. The van der Waals surface area contributed by atoms with Crippen molar-refractivity contribution in [2.75, 3.05) is 13.6 Å². The summed E-state index contributed by atoms with van der Waals surface area (Å²) in [5, 5.41) is 3.02. The van der Waals surface area contributed by atoms with Crippen LogP contribution in [0.5, 0.6) is 0 Å². The van der Waals surface area contributed by atoms with E-state index in [0.717, 1.165) is 25.7 Å². The van der Waals surface area contributed by atoms with E-state index in [4.69, 9.17) is 0 Å². The van der Waals surface area contributed by atoms with Crippen LogP contribution in [0.3, 0.4) is 0 Å². The smallest absolute Gasteiger partial charge is 0.243 e. The molecule has 0 amide bonds. The SMILES string of the molecule is CCNCc1cc(S(=O)(=O)N(C)C2CCCC2)ccc1F. The number of halogens is 1. The lowest BCUT2D eigenvalue weighted by atomic mass is 10.2. The Bertz CT molecular complexity index is 583. The Kier molecular flexibility index (Phi) is 5.35. The van der Waals surface area contributed by atoms with E-state index in [2.05, 4.69) is 5.32 Å². The lowest BCUT2D eigenvalue weighted by Crippen LogP contribution is -2.35. The first-order valence-electron chi connectivity index (χ1n) is 7.44. The summed E-state index contributed by atoms with van der Waals surface area (Å²) < 4.78 is 40.5. The Morgan fingerprint density at radius 2 is 2.00 bits per heavy atom. The van der Waals surface area contributed by atoms with Crippen molar-refractivity contribution in [3.05, 3.63) is 29.6 Å². The highest BCUT2D eigenvalue weighted by Gasteiger charge is 2.30. The number of nitrogens with zero attached hydrogens (tertiary/aromatic N) is 1. The molecule has 4 nitrogen and oxygen atoms in total. The molecule has 1 saturated carbocycles. The second kappa shape index (κ2) is 6.85. The first-order valence-corrected chi connectivity index (χ1v) is 8.88. The molecule has 1 aromatic rings. The topological polar surface area (TPSA) is 49.4 Å². The minimum absolute atomic E-state index is 0.0669. The Labute approximate surface area is 126 Å². The number of hydrogen-bond acceptors (Lipinski definition) is 3. The van der Waals surface area contributed by atoms with E-state index in [0.29, 0.717) is 18.7 Å². The minimum Gasteiger partial charge on any atom is -0.313 e. The molecule has 0 heterocycles. The van der Waals surface area contributed by atoms with E-state index >= 15 is 0 Å². The van der Waals surface area contributed by atoms with Gasteiger partial charge in [-0.05, 0) is 37.6 Å². The normalized spacial score (nSPS) is 16.8.